The Bertz CT molecular complexity index is 366. The Balaban J connectivity index is 2.34. The van der Waals surface area contributed by atoms with Crippen molar-refractivity contribution < 1.29 is 9.50 Å². The van der Waals surface area contributed by atoms with Crippen LogP contribution in [0.2, 0.25) is 0 Å². The van der Waals surface area contributed by atoms with Crippen LogP contribution in [0, 0.1) is 5.82 Å². The van der Waals surface area contributed by atoms with Gasteiger partial charge in [0, 0.05) is 5.54 Å². The van der Waals surface area contributed by atoms with E-state index in [2.05, 4.69) is 5.32 Å². The molecule has 1 aromatic carbocycles. The van der Waals surface area contributed by atoms with Crippen LogP contribution in [0.3, 0.4) is 0 Å². The molecule has 1 fully saturated rings. The van der Waals surface area contributed by atoms with Crippen molar-refractivity contribution in [1.82, 2.24) is 5.32 Å². The molecule has 1 aliphatic heterocycles. The van der Waals surface area contributed by atoms with Crippen LogP contribution in [0.4, 0.5) is 4.39 Å². The summed E-state index contributed by atoms with van der Waals surface area (Å²) in [5, 5.41) is 14.0. The van der Waals surface area contributed by atoms with Crippen molar-refractivity contribution in [3.05, 3.63) is 35.6 Å². The first kappa shape index (κ1) is 11.6. The lowest BCUT2D eigenvalue weighted by Crippen LogP contribution is -2.54. The van der Waals surface area contributed by atoms with E-state index < -0.39 is 5.60 Å². The largest absolute Gasteiger partial charge is 0.384 e. The Morgan fingerprint density at radius 3 is 2.50 bits per heavy atom. The van der Waals surface area contributed by atoms with Crippen LogP contribution in [-0.4, -0.2) is 17.2 Å². The van der Waals surface area contributed by atoms with Crippen LogP contribution in [0.1, 0.15) is 32.3 Å². The number of nitrogens with one attached hydrogen (secondary N) is 1. The van der Waals surface area contributed by atoms with Crippen molar-refractivity contribution in [2.75, 3.05) is 6.54 Å². The Hall–Kier alpha value is -0.930. The molecule has 0 unspecified atom stereocenters. The van der Waals surface area contributed by atoms with Gasteiger partial charge in [-0.1, -0.05) is 12.1 Å². The van der Waals surface area contributed by atoms with Gasteiger partial charge in [-0.2, -0.15) is 0 Å². The van der Waals surface area contributed by atoms with Gasteiger partial charge in [-0.25, -0.2) is 4.39 Å². The predicted octanol–water partition coefficient (Wildman–Crippen LogP) is 2.18. The van der Waals surface area contributed by atoms with E-state index in [1.54, 1.807) is 19.1 Å². The molecule has 0 saturated carbocycles. The quantitative estimate of drug-likeness (QED) is 0.805. The standard InChI is InChI=1S/C13H18FNO/c1-12(8-3-9-15-12)13(2,16)10-4-6-11(14)7-5-10/h4-7,15-16H,3,8-9H2,1-2H3/t12-,13-/m1/s1. The van der Waals surface area contributed by atoms with Crippen LogP contribution in [-0.2, 0) is 5.60 Å². The second-order valence-electron chi connectivity index (χ2n) is 4.94. The minimum absolute atomic E-state index is 0.274. The third-order valence-corrected chi connectivity index (χ3v) is 3.85. The van der Waals surface area contributed by atoms with Crippen molar-refractivity contribution >= 4 is 0 Å². The second kappa shape index (κ2) is 3.82. The Labute approximate surface area is 95.5 Å². The number of halogens is 1. The van der Waals surface area contributed by atoms with E-state index in [0.29, 0.717) is 0 Å². The van der Waals surface area contributed by atoms with Gasteiger partial charge in [0.15, 0.2) is 0 Å². The molecule has 16 heavy (non-hydrogen) atoms. The van der Waals surface area contributed by atoms with Gasteiger partial charge < -0.3 is 10.4 Å². The Morgan fingerprint density at radius 1 is 1.38 bits per heavy atom. The van der Waals surface area contributed by atoms with Gasteiger partial charge in [-0.05, 0) is 50.9 Å². The van der Waals surface area contributed by atoms with Crippen LogP contribution in [0.25, 0.3) is 0 Å². The van der Waals surface area contributed by atoms with E-state index in [9.17, 15) is 9.50 Å². The maximum atomic E-state index is 12.9. The smallest absolute Gasteiger partial charge is 0.123 e. The van der Waals surface area contributed by atoms with Crippen molar-refractivity contribution in [1.29, 1.82) is 0 Å². The predicted molar refractivity (Wildman–Crippen MR) is 61.6 cm³/mol. The average molecular weight is 223 g/mol. The zero-order valence-corrected chi connectivity index (χ0v) is 9.76. The molecule has 0 aromatic heterocycles. The van der Waals surface area contributed by atoms with Crippen LogP contribution < -0.4 is 5.32 Å². The molecule has 3 heteroatoms. The minimum atomic E-state index is -0.975. The van der Waals surface area contributed by atoms with E-state index in [1.165, 1.54) is 12.1 Å². The van der Waals surface area contributed by atoms with E-state index in [1.807, 2.05) is 6.92 Å². The van der Waals surface area contributed by atoms with Crippen molar-refractivity contribution in [3.63, 3.8) is 0 Å². The lowest BCUT2D eigenvalue weighted by Gasteiger charge is -2.40. The molecular weight excluding hydrogens is 205 g/mol. The third kappa shape index (κ3) is 1.74. The molecule has 1 saturated heterocycles. The third-order valence-electron chi connectivity index (χ3n) is 3.85. The molecule has 0 radical (unpaired) electrons. The molecular formula is C13H18FNO. The summed E-state index contributed by atoms with van der Waals surface area (Å²) >= 11 is 0. The Kier molecular flexibility index (Phi) is 2.76. The molecule has 2 rings (SSSR count). The molecule has 0 bridgehead atoms. The highest BCUT2D eigenvalue weighted by Gasteiger charge is 2.45. The summed E-state index contributed by atoms with van der Waals surface area (Å²) in [4.78, 5) is 0. The molecule has 0 aliphatic carbocycles. The number of hydrogen-bond acceptors (Lipinski definition) is 2. The summed E-state index contributed by atoms with van der Waals surface area (Å²) < 4.78 is 12.9. The van der Waals surface area contributed by atoms with Crippen LogP contribution >= 0.6 is 0 Å². The first-order valence-electron chi connectivity index (χ1n) is 5.69. The van der Waals surface area contributed by atoms with E-state index in [-0.39, 0.29) is 11.4 Å². The molecule has 2 N–H and O–H groups in total. The molecule has 1 aromatic rings. The number of hydrogen-bond donors (Lipinski definition) is 2. The fourth-order valence-electron chi connectivity index (χ4n) is 2.40. The fraction of sp³-hybridized carbons (Fsp3) is 0.538. The maximum absolute atomic E-state index is 12.9. The van der Waals surface area contributed by atoms with Gasteiger partial charge in [0.05, 0.1) is 0 Å². The van der Waals surface area contributed by atoms with Crippen molar-refractivity contribution in [2.45, 2.75) is 37.8 Å². The molecule has 88 valence electrons. The lowest BCUT2D eigenvalue weighted by molar-refractivity contribution is -0.0268. The molecule has 1 aliphatic rings. The number of benzene rings is 1. The minimum Gasteiger partial charge on any atom is -0.384 e. The van der Waals surface area contributed by atoms with Gasteiger partial charge in [0.25, 0.3) is 0 Å². The van der Waals surface area contributed by atoms with Crippen LogP contribution in [0.15, 0.2) is 24.3 Å². The first-order chi connectivity index (χ1) is 7.46. The Morgan fingerprint density at radius 2 is 2.00 bits per heavy atom. The van der Waals surface area contributed by atoms with Gasteiger partial charge in [-0.3, -0.25) is 0 Å². The molecule has 1 heterocycles. The normalized spacial score (nSPS) is 29.0. The maximum Gasteiger partial charge on any atom is 0.123 e. The number of aliphatic hydroxyl groups is 1. The zero-order chi connectivity index (χ0) is 11.8. The van der Waals surface area contributed by atoms with Gasteiger partial charge in [0.2, 0.25) is 0 Å². The van der Waals surface area contributed by atoms with Gasteiger partial charge >= 0.3 is 0 Å². The SMILES string of the molecule is C[C@]1([C@](C)(O)c2ccc(F)cc2)CCCN1. The second-order valence-corrected chi connectivity index (χ2v) is 4.94. The van der Waals surface area contributed by atoms with Crippen molar-refractivity contribution in [3.8, 4) is 0 Å². The zero-order valence-electron chi connectivity index (χ0n) is 9.76. The van der Waals surface area contributed by atoms with Crippen molar-refractivity contribution in [2.24, 2.45) is 0 Å². The summed E-state index contributed by atoms with van der Waals surface area (Å²) in [6.07, 6.45) is 1.99. The highest BCUT2D eigenvalue weighted by Crippen LogP contribution is 2.38. The van der Waals surface area contributed by atoms with E-state index >= 15 is 0 Å². The summed E-state index contributed by atoms with van der Waals surface area (Å²) in [5.74, 6) is -0.274. The van der Waals surface area contributed by atoms with E-state index in [0.717, 1.165) is 24.9 Å². The summed E-state index contributed by atoms with van der Waals surface area (Å²) in [6, 6.07) is 6.09. The molecule has 2 nitrogen and oxygen atoms in total. The van der Waals surface area contributed by atoms with Crippen LogP contribution in [0.5, 0.6) is 0 Å². The summed E-state index contributed by atoms with van der Waals surface area (Å²) in [6.45, 7) is 4.73. The topological polar surface area (TPSA) is 32.3 Å². The number of rotatable bonds is 2. The monoisotopic (exact) mass is 223 g/mol. The van der Waals surface area contributed by atoms with E-state index in [4.69, 9.17) is 0 Å². The average Bonchev–Trinajstić information content (AvgIpc) is 2.67. The highest BCUT2D eigenvalue weighted by molar-refractivity contribution is 5.27. The molecule has 0 amide bonds. The summed E-state index contributed by atoms with van der Waals surface area (Å²) in [7, 11) is 0. The lowest BCUT2D eigenvalue weighted by atomic mass is 9.76. The molecule has 0 spiro atoms. The highest BCUT2D eigenvalue weighted by atomic mass is 19.1. The summed E-state index contributed by atoms with van der Waals surface area (Å²) in [5.41, 5.74) is -0.548. The van der Waals surface area contributed by atoms with Gasteiger partial charge in [0.1, 0.15) is 11.4 Å². The molecule has 2 atom stereocenters. The van der Waals surface area contributed by atoms with Gasteiger partial charge in [-0.15, -0.1) is 0 Å². The fourth-order valence-corrected chi connectivity index (χ4v) is 2.40. The first-order valence-corrected chi connectivity index (χ1v) is 5.69.